The molecular weight excluding hydrogens is 344 g/mol. The Bertz CT molecular complexity index is 707. The molecule has 19 heavy (non-hydrogen) atoms. The van der Waals surface area contributed by atoms with Crippen LogP contribution >= 0.6 is 15.9 Å². The molecule has 2 aromatic rings. The van der Waals surface area contributed by atoms with Crippen molar-refractivity contribution >= 4 is 31.6 Å². The van der Waals surface area contributed by atoms with Crippen LogP contribution in [0.25, 0.3) is 0 Å². The molecule has 1 aromatic carbocycles. The Morgan fingerprint density at radius 1 is 1.37 bits per heavy atom. The number of H-pyrrole nitrogens is 1. The Morgan fingerprint density at radius 3 is 2.58 bits per heavy atom. The van der Waals surface area contributed by atoms with Crippen molar-refractivity contribution < 1.29 is 17.2 Å². The van der Waals surface area contributed by atoms with Gasteiger partial charge in [-0.15, -0.1) is 0 Å². The van der Waals surface area contributed by atoms with Gasteiger partial charge in [-0.3, -0.25) is 9.82 Å². The Kier molecular flexibility index (Phi) is 3.59. The zero-order valence-electron chi connectivity index (χ0n) is 9.54. The average molecular weight is 352 g/mol. The predicted molar refractivity (Wildman–Crippen MR) is 68.2 cm³/mol. The SMILES string of the molecule is Cc1[nH]ncc1S(=O)(=O)Nc1c(F)cc(F)cc1Br. The maximum atomic E-state index is 13.6. The lowest BCUT2D eigenvalue weighted by Crippen LogP contribution is -2.15. The van der Waals surface area contributed by atoms with E-state index in [2.05, 4.69) is 26.1 Å². The van der Waals surface area contributed by atoms with Gasteiger partial charge in [-0.1, -0.05) is 0 Å². The fraction of sp³-hybridized carbons (Fsp3) is 0.100. The van der Waals surface area contributed by atoms with E-state index in [4.69, 9.17) is 0 Å². The van der Waals surface area contributed by atoms with Crippen LogP contribution in [0, 0.1) is 18.6 Å². The molecule has 102 valence electrons. The summed E-state index contributed by atoms with van der Waals surface area (Å²) in [6, 6.07) is 1.55. The summed E-state index contributed by atoms with van der Waals surface area (Å²) in [5, 5.41) is 6.04. The van der Waals surface area contributed by atoms with Crippen LogP contribution in [-0.4, -0.2) is 18.6 Å². The van der Waals surface area contributed by atoms with E-state index in [0.29, 0.717) is 11.8 Å². The number of nitrogens with zero attached hydrogens (tertiary/aromatic N) is 1. The second kappa shape index (κ2) is 4.89. The first-order valence-corrected chi connectivity index (χ1v) is 7.26. The highest BCUT2D eigenvalue weighted by atomic mass is 79.9. The smallest absolute Gasteiger partial charge is 0.265 e. The van der Waals surface area contributed by atoms with E-state index in [-0.39, 0.29) is 15.1 Å². The van der Waals surface area contributed by atoms with Crippen molar-refractivity contribution in [1.29, 1.82) is 0 Å². The van der Waals surface area contributed by atoms with Gasteiger partial charge in [0.25, 0.3) is 10.0 Å². The minimum Gasteiger partial charge on any atom is -0.281 e. The summed E-state index contributed by atoms with van der Waals surface area (Å²) in [6.45, 7) is 1.51. The van der Waals surface area contributed by atoms with Gasteiger partial charge in [0.1, 0.15) is 10.7 Å². The van der Waals surface area contributed by atoms with Gasteiger partial charge >= 0.3 is 0 Å². The molecule has 9 heteroatoms. The second-order valence-electron chi connectivity index (χ2n) is 3.71. The number of rotatable bonds is 3. The molecule has 2 rings (SSSR count). The summed E-state index contributed by atoms with van der Waals surface area (Å²) in [5.74, 6) is -1.83. The van der Waals surface area contributed by atoms with Gasteiger partial charge in [-0.05, 0) is 28.9 Å². The molecular formula is C10H8BrF2N3O2S. The first-order valence-electron chi connectivity index (χ1n) is 4.98. The van der Waals surface area contributed by atoms with Gasteiger partial charge < -0.3 is 0 Å². The fourth-order valence-corrected chi connectivity index (χ4v) is 3.30. The molecule has 0 spiro atoms. The molecule has 0 aliphatic heterocycles. The number of aromatic nitrogens is 2. The van der Waals surface area contributed by atoms with Crippen molar-refractivity contribution in [2.75, 3.05) is 4.72 Å². The number of anilines is 1. The van der Waals surface area contributed by atoms with E-state index in [9.17, 15) is 17.2 Å². The fourth-order valence-electron chi connectivity index (χ4n) is 1.44. The Balaban J connectivity index is 2.45. The number of halogens is 3. The van der Waals surface area contributed by atoms with Gasteiger partial charge in [0.2, 0.25) is 0 Å². The van der Waals surface area contributed by atoms with Gasteiger partial charge in [0.15, 0.2) is 5.82 Å². The van der Waals surface area contributed by atoms with E-state index in [0.717, 1.165) is 12.3 Å². The number of hydrogen-bond acceptors (Lipinski definition) is 3. The van der Waals surface area contributed by atoms with E-state index in [1.807, 2.05) is 4.72 Å². The first kappa shape index (κ1) is 13.9. The molecule has 1 aromatic heterocycles. The van der Waals surface area contributed by atoms with Crippen LogP contribution in [0.15, 0.2) is 27.7 Å². The quantitative estimate of drug-likeness (QED) is 0.892. The minimum atomic E-state index is -3.99. The third kappa shape index (κ3) is 2.76. The van der Waals surface area contributed by atoms with Crippen molar-refractivity contribution in [2.24, 2.45) is 0 Å². The zero-order chi connectivity index (χ0) is 14.2. The Morgan fingerprint density at radius 2 is 2.05 bits per heavy atom. The summed E-state index contributed by atoms with van der Waals surface area (Å²) in [7, 11) is -3.99. The lowest BCUT2D eigenvalue weighted by molar-refractivity contribution is 0.581. The minimum absolute atomic E-state index is 0.0327. The molecule has 0 unspecified atom stereocenters. The molecule has 0 fully saturated rings. The summed E-state index contributed by atoms with van der Waals surface area (Å²) >= 11 is 2.90. The summed E-state index contributed by atoms with van der Waals surface area (Å²) in [6.07, 6.45) is 1.10. The molecule has 0 bridgehead atoms. The highest BCUT2D eigenvalue weighted by Gasteiger charge is 2.22. The van der Waals surface area contributed by atoms with Crippen LogP contribution in [0.4, 0.5) is 14.5 Å². The van der Waals surface area contributed by atoms with Gasteiger partial charge in [0.05, 0.1) is 17.6 Å². The standard InChI is InChI=1S/C10H8BrF2N3O2S/c1-5-9(4-14-15-5)19(17,18)16-10-7(11)2-6(12)3-8(10)13/h2-4,16H,1H3,(H,14,15). The highest BCUT2D eigenvalue weighted by molar-refractivity contribution is 9.10. The number of sulfonamides is 1. The molecule has 0 atom stereocenters. The van der Waals surface area contributed by atoms with Crippen LogP contribution in [0.3, 0.4) is 0 Å². The lowest BCUT2D eigenvalue weighted by atomic mass is 10.3. The van der Waals surface area contributed by atoms with Crippen molar-refractivity contribution in [3.8, 4) is 0 Å². The number of benzene rings is 1. The molecule has 2 N–H and O–H groups in total. The number of aromatic amines is 1. The van der Waals surface area contributed by atoms with Crippen LogP contribution in [0.1, 0.15) is 5.69 Å². The third-order valence-electron chi connectivity index (χ3n) is 2.32. The zero-order valence-corrected chi connectivity index (χ0v) is 11.9. The van der Waals surface area contributed by atoms with Crippen molar-refractivity contribution in [3.05, 3.63) is 40.1 Å². The van der Waals surface area contributed by atoms with Crippen LogP contribution in [-0.2, 0) is 10.0 Å². The molecule has 1 heterocycles. The van der Waals surface area contributed by atoms with Crippen molar-refractivity contribution in [3.63, 3.8) is 0 Å². The molecule has 0 aliphatic carbocycles. The summed E-state index contributed by atoms with van der Waals surface area (Å²) < 4.78 is 52.5. The van der Waals surface area contributed by atoms with E-state index in [1.165, 1.54) is 6.92 Å². The largest absolute Gasteiger partial charge is 0.281 e. The van der Waals surface area contributed by atoms with Crippen LogP contribution in [0.5, 0.6) is 0 Å². The van der Waals surface area contributed by atoms with E-state index in [1.54, 1.807) is 0 Å². The van der Waals surface area contributed by atoms with Crippen molar-refractivity contribution in [2.45, 2.75) is 11.8 Å². The van der Waals surface area contributed by atoms with Crippen LogP contribution < -0.4 is 4.72 Å². The number of aryl methyl sites for hydroxylation is 1. The molecule has 0 saturated heterocycles. The van der Waals surface area contributed by atoms with E-state index >= 15 is 0 Å². The van der Waals surface area contributed by atoms with E-state index < -0.39 is 21.7 Å². The molecule has 0 radical (unpaired) electrons. The molecule has 0 saturated carbocycles. The Hall–Kier alpha value is -1.48. The van der Waals surface area contributed by atoms with Gasteiger partial charge in [-0.25, -0.2) is 17.2 Å². The van der Waals surface area contributed by atoms with Crippen molar-refractivity contribution in [1.82, 2.24) is 10.2 Å². The monoisotopic (exact) mass is 351 g/mol. The average Bonchev–Trinajstić information content (AvgIpc) is 2.70. The number of nitrogens with one attached hydrogen (secondary N) is 2. The number of hydrogen-bond donors (Lipinski definition) is 2. The van der Waals surface area contributed by atoms with Gasteiger partial charge in [0, 0.05) is 10.5 Å². The molecule has 0 amide bonds. The lowest BCUT2D eigenvalue weighted by Gasteiger charge is -2.10. The summed E-state index contributed by atoms with van der Waals surface area (Å²) in [4.78, 5) is -0.108. The maximum absolute atomic E-state index is 13.6. The highest BCUT2D eigenvalue weighted by Crippen LogP contribution is 2.29. The normalized spacial score (nSPS) is 11.6. The first-order chi connectivity index (χ1) is 8.81. The van der Waals surface area contributed by atoms with Crippen LogP contribution in [0.2, 0.25) is 0 Å². The third-order valence-corrected chi connectivity index (χ3v) is 4.41. The van der Waals surface area contributed by atoms with Gasteiger partial charge in [-0.2, -0.15) is 5.10 Å². The topological polar surface area (TPSA) is 74.8 Å². The molecule has 0 aliphatic rings. The predicted octanol–water partition coefficient (Wildman–Crippen LogP) is 2.56. The Labute approximate surface area is 116 Å². The molecule has 5 nitrogen and oxygen atoms in total. The second-order valence-corrected chi connectivity index (χ2v) is 6.21. The maximum Gasteiger partial charge on any atom is 0.265 e. The summed E-state index contributed by atoms with van der Waals surface area (Å²) in [5.41, 5.74) is -0.0480.